The first-order valence-corrected chi connectivity index (χ1v) is 7.14. The predicted octanol–water partition coefficient (Wildman–Crippen LogP) is 4.04. The summed E-state index contributed by atoms with van der Waals surface area (Å²) in [5, 5.41) is 8.91. The van der Waals surface area contributed by atoms with Crippen molar-refractivity contribution in [1.82, 2.24) is 0 Å². The van der Waals surface area contributed by atoms with Gasteiger partial charge >= 0.3 is 5.97 Å². The Morgan fingerprint density at radius 1 is 1.20 bits per heavy atom. The summed E-state index contributed by atoms with van der Waals surface area (Å²) in [5.41, 5.74) is 2.62. The van der Waals surface area contributed by atoms with E-state index in [1.807, 2.05) is 44.2 Å². The van der Waals surface area contributed by atoms with Crippen LogP contribution in [0.15, 0.2) is 29.8 Å². The molecule has 0 amide bonds. The minimum Gasteiger partial charge on any atom is -0.481 e. The summed E-state index contributed by atoms with van der Waals surface area (Å²) >= 11 is 0. The SMILES string of the molecule is CC.CC(C(=O)O)c1ccc(/C=C2\CCCC2=O)cc1. The first-order valence-electron chi connectivity index (χ1n) is 7.14. The molecule has 1 unspecified atom stereocenters. The average molecular weight is 274 g/mol. The molecule has 3 heteroatoms. The summed E-state index contributed by atoms with van der Waals surface area (Å²) in [6, 6.07) is 7.36. The second-order valence-electron chi connectivity index (χ2n) is 4.67. The maximum absolute atomic E-state index is 11.5. The zero-order valence-corrected chi connectivity index (χ0v) is 12.3. The van der Waals surface area contributed by atoms with Gasteiger partial charge in [-0.3, -0.25) is 9.59 Å². The number of allylic oxidation sites excluding steroid dienone is 1. The Morgan fingerprint density at radius 3 is 2.25 bits per heavy atom. The number of carboxylic acids is 1. The van der Waals surface area contributed by atoms with E-state index >= 15 is 0 Å². The van der Waals surface area contributed by atoms with Crippen molar-refractivity contribution < 1.29 is 14.7 Å². The first-order chi connectivity index (χ1) is 9.58. The van der Waals surface area contributed by atoms with Crippen LogP contribution < -0.4 is 0 Å². The number of carbonyl (C=O) groups is 2. The van der Waals surface area contributed by atoms with E-state index in [1.54, 1.807) is 6.92 Å². The van der Waals surface area contributed by atoms with Gasteiger partial charge in [0, 0.05) is 6.42 Å². The monoisotopic (exact) mass is 274 g/mol. The Bertz CT molecular complexity index is 497. The fraction of sp³-hybridized carbons (Fsp3) is 0.412. The Morgan fingerprint density at radius 2 is 1.80 bits per heavy atom. The maximum Gasteiger partial charge on any atom is 0.310 e. The Hall–Kier alpha value is -1.90. The predicted molar refractivity (Wildman–Crippen MR) is 80.7 cm³/mol. The van der Waals surface area contributed by atoms with Gasteiger partial charge in [0.15, 0.2) is 5.78 Å². The van der Waals surface area contributed by atoms with Crippen LogP contribution in [0.3, 0.4) is 0 Å². The molecule has 1 aromatic carbocycles. The molecule has 2 rings (SSSR count). The highest BCUT2D eigenvalue weighted by molar-refractivity contribution is 6.01. The van der Waals surface area contributed by atoms with E-state index in [0.29, 0.717) is 6.42 Å². The number of carboxylic acid groups (broad SMARTS) is 1. The van der Waals surface area contributed by atoms with E-state index in [2.05, 4.69) is 0 Å². The van der Waals surface area contributed by atoms with Gasteiger partial charge in [0.05, 0.1) is 5.92 Å². The van der Waals surface area contributed by atoms with Crippen LogP contribution in [0.1, 0.15) is 57.1 Å². The van der Waals surface area contributed by atoms with Crippen molar-refractivity contribution in [2.45, 2.75) is 46.0 Å². The molecule has 0 bridgehead atoms. The zero-order valence-electron chi connectivity index (χ0n) is 12.3. The molecule has 1 fully saturated rings. The molecule has 1 atom stereocenters. The topological polar surface area (TPSA) is 54.4 Å². The molecule has 1 N–H and O–H groups in total. The molecule has 0 aliphatic heterocycles. The highest BCUT2D eigenvalue weighted by Gasteiger charge is 2.17. The molecular formula is C17H22O3. The quantitative estimate of drug-likeness (QED) is 0.846. The third-order valence-corrected chi connectivity index (χ3v) is 3.36. The summed E-state index contributed by atoms with van der Waals surface area (Å²) in [7, 11) is 0. The smallest absolute Gasteiger partial charge is 0.310 e. The number of hydrogen-bond acceptors (Lipinski definition) is 2. The molecule has 20 heavy (non-hydrogen) atoms. The normalized spacial score (nSPS) is 17.6. The van der Waals surface area contributed by atoms with E-state index in [-0.39, 0.29) is 5.78 Å². The number of rotatable bonds is 3. The third kappa shape index (κ3) is 4.05. The minimum atomic E-state index is -0.827. The molecule has 0 radical (unpaired) electrons. The molecule has 0 aromatic heterocycles. The van der Waals surface area contributed by atoms with Crippen molar-refractivity contribution in [2.75, 3.05) is 0 Å². The largest absolute Gasteiger partial charge is 0.481 e. The number of aliphatic carboxylic acids is 1. The molecule has 3 nitrogen and oxygen atoms in total. The highest BCUT2D eigenvalue weighted by atomic mass is 16.4. The van der Waals surface area contributed by atoms with Crippen molar-refractivity contribution in [1.29, 1.82) is 0 Å². The fourth-order valence-corrected chi connectivity index (χ4v) is 2.12. The first kappa shape index (κ1) is 16.2. The van der Waals surface area contributed by atoms with Crippen LogP contribution in [0, 0.1) is 0 Å². The summed E-state index contributed by atoms with van der Waals surface area (Å²) in [6.45, 7) is 5.66. The van der Waals surface area contributed by atoms with Gasteiger partial charge < -0.3 is 5.11 Å². The van der Waals surface area contributed by atoms with Crippen molar-refractivity contribution in [3.63, 3.8) is 0 Å². The number of benzene rings is 1. The minimum absolute atomic E-state index is 0.234. The Balaban J connectivity index is 0.000000956. The summed E-state index contributed by atoms with van der Waals surface area (Å²) < 4.78 is 0. The van der Waals surface area contributed by atoms with Crippen LogP contribution in [-0.4, -0.2) is 16.9 Å². The Labute approximate surface area is 120 Å². The van der Waals surface area contributed by atoms with Gasteiger partial charge in [0.1, 0.15) is 0 Å². The van der Waals surface area contributed by atoms with Crippen LogP contribution in [-0.2, 0) is 9.59 Å². The standard InChI is InChI=1S/C15H16O3.C2H6/c1-10(15(17)18)12-7-5-11(6-8-12)9-13-3-2-4-14(13)16;1-2/h5-10H,2-4H2,1H3,(H,17,18);1-2H3/b13-9+;. The van der Waals surface area contributed by atoms with Crippen LogP contribution in [0.2, 0.25) is 0 Å². The summed E-state index contributed by atoms with van der Waals surface area (Å²) in [5.74, 6) is -1.09. The van der Waals surface area contributed by atoms with Crippen LogP contribution in [0.4, 0.5) is 0 Å². The van der Waals surface area contributed by atoms with Crippen LogP contribution in [0.25, 0.3) is 6.08 Å². The molecule has 108 valence electrons. The number of carbonyl (C=O) groups excluding carboxylic acids is 1. The van der Waals surface area contributed by atoms with Gasteiger partial charge in [-0.2, -0.15) is 0 Å². The second kappa shape index (κ2) is 7.63. The van der Waals surface area contributed by atoms with Gasteiger partial charge in [0.25, 0.3) is 0 Å². The maximum atomic E-state index is 11.5. The second-order valence-corrected chi connectivity index (χ2v) is 4.67. The van der Waals surface area contributed by atoms with Crippen molar-refractivity contribution >= 4 is 17.8 Å². The number of Topliss-reactive ketones (excluding diaryl/α,β-unsaturated/α-hetero) is 1. The van der Waals surface area contributed by atoms with Gasteiger partial charge in [-0.1, -0.05) is 38.1 Å². The molecule has 1 aromatic rings. The molecule has 0 saturated heterocycles. The number of ketones is 1. The van der Waals surface area contributed by atoms with Gasteiger partial charge in [0.2, 0.25) is 0 Å². The van der Waals surface area contributed by atoms with Crippen molar-refractivity contribution in [2.24, 2.45) is 0 Å². The van der Waals surface area contributed by atoms with Gasteiger partial charge in [-0.15, -0.1) is 0 Å². The van der Waals surface area contributed by atoms with Crippen LogP contribution in [0.5, 0.6) is 0 Å². The van der Waals surface area contributed by atoms with Crippen molar-refractivity contribution in [3.05, 3.63) is 41.0 Å². The molecule has 0 heterocycles. The molecule has 1 aliphatic rings. The summed E-state index contributed by atoms with van der Waals surface area (Å²) in [4.78, 5) is 22.3. The van der Waals surface area contributed by atoms with E-state index in [0.717, 1.165) is 29.5 Å². The van der Waals surface area contributed by atoms with Crippen LogP contribution >= 0.6 is 0 Å². The lowest BCUT2D eigenvalue weighted by Crippen LogP contribution is -2.06. The lowest BCUT2D eigenvalue weighted by Gasteiger charge is -2.06. The molecule has 1 aliphatic carbocycles. The van der Waals surface area contributed by atoms with E-state index in [4.69, 9.17) is 5.11 Å². The summed E-state index contributed by atoms with van der Waals surface area (Å²) in [6.07, 6.45) is 4.36. The Kier molecular flexibility index (Phi) is 6.16. The average Bonchev–Trinajstić information content (AvgIpc) is 2.86. The number of hydrogen-bond donors (Lipinski definition) is 1. The van der Waals surface area contributed by atoms with E-state index in [1.165, 1.54) is 0 Å². The fourth-order valence-electron chi connectivity index (χ4n) is 2.12. The van der Waals surface area contributed by atoms with E-state index < -0.39 is 11.9 Å². The van der Waals surface area contributed by atoms with Gasteiger partial charge in [-0.05, 0) is 42.5 Å². The molecule has 1 saturated carbocycles. The highest BCUT2D eigenvalue weighted by Crippen LogP contribution is 2.23. The van der Waals surface area contributed by atoms with Gasteiger partial charge in [-0.25, -0.2) is 0 Å². The molecule has 0 spiro atoms. The van der Waals surface area contributed by atoms with Crippen molar-refractivity contribution in [3.8, 4) is 0 Å². The van der Waals surface area contributed by atoms with E-state index in [9.17, 15) is 9.59 Å². The lowest BCUT2D eigenvalue weighted by molar-refractivity contribution is -0.138. The third-order valence-electron chi connectivity index (χ3n) is 3.36. The lowest BCUT2D eigenvalue weighted by atomic mass is 9.99. The molecular weight excluding hydrogens is 252 g/mol. The zero-order chi connectivity index (χ0) is 15.1.